The van der Waals surface area contributed by atoms with Gasteiger partial charge in [-0.1, -0.05) is 0 Å². The lowest BCUT2D eigenvalue weighted by Crippen LogP contribution is -2.31. The Morgan fingerprint density at radius 3 is 2.64 bits per heavy atom. The van der Waals surface area contributed by atoms with E-state index in [0.717, 1.165) is 0 Å². The summed E-state index contributed by atoms with van der Waals surface area (Å²) in [7, 11) is 0. The molecule has 0 radical (unpaired) electrons. The number of aromatic hydroxyl groups is 2. The molecule has 0 aliphatic heterocycles. The highest BCUT2D eigenvalue weighted by atomic mass is 16.6. The van der Waals surface area contributed by atoms with Gasteiger partial charge in [0.2, 0.25) is 0 Å². The molecule has 0 saturated heterocycles. The largest absolute Gasteiger partial charge is 0.508 e. The summed E-state index contributed by atoms with van der Waals surface area (Å²) in [5.41, 5.74) is 0.454. The number of benzene rings is 1. The van der Waals surface area contributed by atoms with Gasteiger partial charge >= 0.3 is 5.97 Å². The van der Waals surface area contributed by atoms with Gasteiger partial charge in [0.05, 0.1) is 12.2 Å². The first-order valence-corrected chi connectivity index (χ1v) is 7.22. The second-order valence-electron chi connectivity index (χ2n) is 6.51. The molecule has 0 amide bonds. The minimum atomic E-state index is -0.856. The highest BCUT2D eigenvalue weighted by Crippen LogP contribution is 2.38. The minimum absolute atomic E-state index is 0.0837. The van der Waals surface area contributed by atoms with Gasteiger partial charge in [0.25, 0.3) is 0 Å². The van der Waals surface area contributed by atoms with Crippen molar-refractivity contribution in [3.63, 3.8) is 0 Å². The molecule has 0 saturated carbocycles. The SMILES string of the molecule is CC(C)(C)OC(=O)CO[C@@H]1Cc2c(O)cc(O)cc2[C@@H](O)C1. The summed E-state index contributed by atoms with van der Waals surface area (Å²) in [4.78, 5) is 11.6. The van der Waals surface area contributed by atoms with Crippen LogP contribution < -0.4 is 0 Å². The van der Waals surface area contributed by atoms with E-state index in [9.17, 15) is 20.1 Å². The predicted octanol–water partition coefficient (Wildman–Crippen LogP) is 1.80. The van der Waals surface area contributed by atoms with E-state index in [2.05, 4.69) is 0 Å². The highest BCUT2D eigenvalue weighted by Gasteiger charge is 2.29. The summed E-state index contributed by atoms with van der Waals surface area (Å²) < 4.78 is 10.7. The summed E-state index contributed by atoms with van der Waals surface area (Å²) in [5, 5.41) is 29.5. The van der Waals surface area contributed by atoms with Gasteiger partial charge in [-0.05, 0) is 32.4 Å². The smallest absolute Gasteiger partial charge is 0.332 e. The first-order valence-electron chi connectivity index (χ1n) is 7.22. The lowest BCUT2D eigenvalue weighted by atomic mass is 9.86. The van der Waals surface area contributed by atoms with E-state index in [4.69, 9.17) is 9.47 Å². The number of ether oxygens (including phenoxy) is 2. The quantitative estimate of drug-likeness (QED) is 0.737. The van der Waals surface area contributed by atoms with E-state index in [1.807, 2.05) is 0 Å². The van der Waals surface area contributed by atoms with Crippen molar-refractivity contribution in [2.24, 2.45) is 0 Å². The van der Waals surface area contributed by atoms with Gasteiger partial charge < -0.3 is 24.8 Å². The lowest BCUT2D eigenvalue weighted by molar-refractivity contribution is -0.163. The molecule has 6 heteroatoms. The fourth-order valence-corrected chi connectivity index (χ4v) is 2.55. The summed E-state index contributed by atoms with van der Waals surface area (Å²) in [6, 6.07) is 2.66. The molecule has 1 aromatic rings. The van der Waals surface area contributed by atoms with Crippen LogP contribution >= 0.6 is 0 Å². The third kappa shape index (κ3) is 4.11. The first kappa shape index (κ1) is 16.6. The van der Waals surface area contributed by atoms with Crippen molar-refractivity contribution in [2.45, 2.75) is 51.4 Å². The molecule has 0 fully saturated rings. The maximum absolute atomic E-state index is 11.6. The molecule has 0 bridgehead atoms. The number of rotatable bonds is 3. The Hall–Kier alpha value is -1.79. The van der Waals surface area contributed by atoms with Crippen molar-refractivity contribution in [1.82, 2.24) is 0 Å². The van der Waals surface area contributed by atoms with Crippen molar-refractivity contribution < 1.29 is 29.6 Å². The monoisotopic (exact) mass is 310 g/mol. The van der Waals surface area contributed by atoms with Crippen molar-refractivity contribution in [3.05, 3.63) is 23.3 Å². The van der Waals surface area contributed by atoms with Crippen LogP contribution in [0.25, 0.3) is 0 Å². The molecule has 6 nitrogen and oxygen atoms in total. The van der Waals surface area contributed by atoms with Gasteiger partial charge in [0.15, 0.2) is 0 Å². The molecule has 1 aliphatic rings. The Kier molecular flexibility index (Phi) is 4.63. The molecule has 0 heterocycles. The van der Waals surface area contributed by atoms with Gasteiger partial charge in [-0.2, -0.15) is 0 Å². The van der Waals surface area contributed by atoms with Crippen LogP contribution in [0.5, 0.6) is 11.5 Å². The number of esters is 1. The summed E-state index contributed by atoms with van der Waals surface area (Å²) >= 11 is 0. The topological polar surface area (TPSA) is 96.2 Å². The number of hydrogen-bond donors (Lipinski definition) is 3. The lowest BCUT2D eigenvalue weighted by Gasteiger charge is -2.29. The molecule has 2 rings (SSSR count). The van der Waals surface area contributed by atoms with Gasteiger partial charge in [-0.15, -0.1) is 0 Å². The first-order chi connectivity index (χ1) is 10.2. The fourth-order valence-electron chi connectivity index (χ4n) is 2.55. The third-order valence-corrected chi connectivity index (χ3v) is 3.38. The molecule has 0 spiro atoms. The zero-order valence-electron chi connectivity index (χ0n) is 13.0. The number of aliphatic hydroxyl groups is 1. The number of carbonyl (C=O) groups excluding carboxylic acids is 1. The van der Waals surface area contributed by atoms with Crippen LogP contribution in [0.15, 0.2) is 12.1 Å². The van der Waals surface area contributed by atoms with E-state index < -0.39 is 23.8 Å². The zero-order valence-corrected chi connectivity index (χ0v) is 13.0. The number of aliphatic hydroxyl groups excluding tert-OH is 1. The van der Waals surface area contributed by atoms with E-state index >= 15 is 0 Å². The van der Waals surface area contributed by atoms with Gasteiger partial charge in [0, 0.05) is 24.5 Å². The number of fused-ring (bicyclic) bond motifs is 1. The van der Waals surface area contributed by atoms with Gasteiger partial charge in [-0.3, -0.25) is 0 Å². The molecule has 122 valence electrons. The van der Waals surface area contributed by atoms with Crippen LogP contribution in [0.3, 0.4) is 0 Å². The Labute approximate surface area is 129 Å². The van der Waals surface area contributed by atoms with Crippen LogP contribution in [-0.2, 0) is 20.7 Å². The van der Waals surface area contributed by atoms with Crippen molar-refractivity contribution in [1.29, 1.82) is 0 Å². The van der Waals surface area contributed by atoms with Crippen LogP contribution in [-0.4, -0.2) is 39.6 Å². The van der Waals surface area contributed by atoms with Crippen molar-refractivity contribution >= 4 is 5.97 Å². The molecule has 1 aliphatic carbocycles. The number of carbonyl (C=O) groups is 1. The Morgan fingerprint density at radius 1 is 1.32 bits per heavy atom. The number of phenolic OH excluding ortho intramolecular Hbond substituents is 2. The third-order valence-electron chi connectivity index (χ3n) is 3.38. The predicted molar refractivity (Wildman–Crippen MR) is 78.6 cm³/mol. The average Bonchev–Trinajstić information content (AvgIpc) is 2.36. The Bertz CT molecular complexity index is 560. The molecular formula is C16H22O6. The second-order valence-corrected chi connectivity index (χ2v) is 6.51. The number of hydrogen-bond acceptors (Lipinski definition) is 6. The molecule has 1 aromatic carbocycles. The normalized spacial score (nSPS) is 21.3. The fraction of sp³-hybridized carbons (Fsp3) is 0.562. The second kappa shape index (κ2) is 6.14. The van der Waals surface area contributed by atoms with E-state index in [0.29, 0.717) is 24.0 Å². The van der Waals surface area contributed by atoms with Gasteiger partial charge in [0.1, 0.15) is 23.7 Å². The molecule has 0 aromatic heterocycles. The summed E-state index contributed by atoms with van der Waals surface area (Å²) in [5.74, 6) is -0.647. The van der Waals surface area contributed by atoms with E-state index in [1.165, 1.54) is 12.1 Å². The van der Waals surface area contributed by atoms with Crippen LogP contribution in [0.1, 0.15) is 44.4 Å². The van der Waals surface area contributed by atoms with Crippen LogP contribution in [0, 0.1) is 0 Å². The van der Waals surface area contributed by atoms with Crippen molar-refractivity contribution in [2.75, 3.05) is 6.61 Å². The summed E-state index contributed by atoms with van der Waals surface area (Å²) in [6.45, 7) is 5.12. The zero-order chi connectivity index (χ0) is 16.5. The molecule has 22 heavy (non-hydrogen) atoms. The maximum atomic E-state index is 11.6. The highest BCUT2D eigenvalue weighted by molar-refractivity contribution is 5.71. The van der Waals surface area contributed by atoms with Gasteiger partial charge in [-0.25, -0.2) is 4.79 Å². The average molecular weight is 310 g/mol. The van der Waals surface area contributed by atoms with Crippen LogP contribution in [0.4, 0.5) is 0 Å². The Morgan fingerprint density at radius 2 is 2.00 bits per heavy atom. The summed E-state index contributed by atoms with van der Waals surface area (Å²) in [6.07, 6.45) is -0.601. The van der Waals surface area contributed by atoms with Crippen molar-refractivity contribution in [3.8, 4) is 11.5 Å². The molecule has 3 N–H and O–H groups in total. The van der Waals surface area contributed by atoms with E-state index in [1.54, 1.807) is 20.8 Å². The number of phenols is 2. The standard InChI is InChI=1S/C16H22O6/c1-16(2,3)22-15(20)8-21-10-6-12-11(14(19)7-10)4-9(17)5-13(12)18/h4-5,10,14,17-19H,6-8H2,1-3H3/t10-,14+/m1/s1. The molecule has 0 unspecified atom stereocenters. The van der Waals surface area contributed by atoms with Crippen LogP contribution in [0.2, 0.25) is 0 Å². The maximum Gasteiger partial charge on any atom is 0.332 e. The van der Waals surface area contributed by atoms with E-state index in [-0.39, 0.29) is 18.1 Å². The molecular weight excluding hydrogens is 288 g/mol. The molecule has 2 atom stereocenters. The Balaban J connectivity index is 2.00. The minimum Gasteiger partial charge on any atom is -0.508 e.